The van der Waals surface area contributed by atoms with E-state index >= 15 is 0 Å². The van der Waals surface area contributed by atoms with Crippen LogP contribution in [0, 0.1) is 0 Å². The van der Waals surface area contributed by atoms with Crippen molar-refractivity contribution in [3.05, 3.63) is 71.3 Å². The van der Waals surface area contributed by atoms with Crippen LogP contribution in [0.5, 0.6) is 0 Å². The van der Waals surface area contributed by atoms with Crippen LogP contribution in [-0.2, 0) is 13.1 Å². The first-order chi connectivity index (χ1) is 17.4. The van der Waals surface area contributed by atoms with Crippen LogP contribution in [0.4, 0.5) is 22.7 Å². The monoisotopic (exact) mass is 510 g/mol. The lowest BCUT2D eigenvalue weighted by Gasteiger charge is -2.26. The first-order valence-corrected chi connectivity index (χ1v) is 12.4. The molecule has 0 unspecified atom stereocenters. The van der Waals surface area contributed by atoms with Gasteiger partial charge in [-0.3, -0.25) is 0 Å². The molecule has 0 amide bonds. The zero-order chi connectivity index (χ0) is 26.1. The summed E-state index contributed by atoms with van der Waals surface area (Å²) in [6.07, 6.45) is 1.60. The van der Waals surface area contributed by atoms with E-state index in [1.807, 2.05) is 40.6 Å². The molecule has 36 heavy (non-hydrogen) atoms. The van der Waals surface area contributed by atoms with Crippen molar-refractivity contribution in [1.82, 2.24) is 0 Å². The molecule has 9 nitrogen and oxygen atoms in total. The molecule has 12 N–H and O–H groups in total. The SMILES string of the molecule is NCc1ccoc1-c1cc(N)ccc1N.NCc1ccsc1-c1cc(N)ccc1N(CCO)CCO. The van der Waals surface area contributed by atoms with Crippen LogP contribution in [0.15, 0.2) is 64.6 Å². The number of nitrogens with zero attached hydrogens (tertiary/aromatic N) is 1. The van der Waals surface area contributed by atoms with Gasteiger partial charge >= 0.3 is 0 Å². The highest BCUT2D eigenvalue weighted by atomic mass is 32.1. The smallest absolute Gasteiger partial charge is 0.140 e. The molecule has 4 rings (SSSR count). The minimum Gasteiger partial charge on any atom is -0.464 e. The summed E-state index contributed by atoms with van der Waals surface area (Å²) in [5.74, 6) is 0.697. The van der Waals surface area contributed by atoms with Gasteiger partial charge in [-0.2, -0.15) is 0 Å². The molecule has 2 aromatic heterocycles. The lowest BCUT2D eigenvalue weighted by atomic mass is 10.1. The molecule has 0 aliphatic heterocycles. The molecule has 2 heterocycles. The quantitative estimate of drug-likeness (QED) is 0.166. The Hall–Kier alpha value is -3.54. The molecule has 192 valence electrons. The molecule has 0 bridgehead atoms. The minimum atomic E-state index is 0.0258. The summed E-state index contributed by atoms with van der Waals surface area (Å²) in [5.41, 5.74) is 35.5. The molecule has 4 aromatic rings. The topological polar surface area (TPSA) is 187 Å². The maximum atomic E-state index is 9.24. The van der Waals surface area contributed by atoms with Gasteiger partial charge in [-0.1, -0.05) is 0 Å². The van der Waals surface area contributed by atoms with Gasteiger partial charge in [0.05, 0.1) is 19.5 Å². The van der Waals surface area contributed by atoms with E-state index in [1.165, 1.54) is 0 Å². The van der Waals surface area contributed by atoms with E-state index in [-0.39, 0.29) is 13.2 Å². The average Bonchev–Trinajstić information content (AvgIpc) is 3.55. The van der Waals surface area contributed by atoms with Crippen molar-refractivity contribution in [2.45, 2.75) is 13.1 Å². The number of anilines is 4. The molecule has 0 aliphatic rings. The van der Waals surface area contributed by atoms with Gasteiger partial charge in [0.1, 0.15) is 5.76 Å². The fourth-order valence-electron chi connectivity index (χ4n) is 3.84. The molecule has 0 aliphatic carbocycles. The van der Waals surface area contributed by atoms with E-state index in [4.69, 9.17) is 33.1 Å². The van der Waals surface area contributed by atoms with Crippen molar-refractivity contribution in [1.29, 1.82) is 0 Å². The fourth-order valence-corrected chi connectivity index (χ4v) is 4.80. The van der Waals surface area contributed by atoms with Crippen molar-refractivity contribution in [3.8, 4) is 21.8 Å². The number of rotatable bonds is 9. The van der Waals surface area contributed by atoms with Crippen LogP contribution < -0.4 is 33.6 Å². The molecule has 0 radical (unpaired) electrons. The van der Waals surface area contributed by atoms with Crippen molar-refractivity contribution in [3.63, 3.8) is 0 Å². The van der Waals surface area contributed by atoms with Crippen LogP contribution in [0.3, 0.4) is 0 Å². The summed E-state index contributed by atoms with van der Waals surface area (Å²) >= 11 is 1.62. The Morgan fingerprint density at radius 1 is 0.778 bits per heavy atom. The molecule has 0 saturated heterocycles. The van der Waals surface area contributed by atoms with Crippen LogP contribution in [0.1, 0.15) is 11.1 Å². The zero-order valence-electron chi connectivity index (χ0n) is 20.1. The Labute approximate surface area is 214 Å². The lowest BCUT2D eigenvalue weighted by molar-refractivity contribution is 0.281. The summed E-state index contributed by atoms with van der Waals surface area (Å²) < 4.78 is 5.36. The van der Waals surface area contributed by atoms with Crippen molar-refractivity contribution >= 4 is 34.1 Å². The predicted octanol–water partition coefficient (Wildman–Crippen LogP) is 2.82. The molecule has 0 spiro atoms. The Balaban J connectivity index is 0.000000212. The molecule has 2 aromatic carbocycles. The fraction of sp³-hybridized carbons (Fsp3) is 0.231. The zero-order valence-corrected chi connectivity index (χ0v) is 20.9. The second-order valence-electron chi connectivity index (χ2n) is 8.02. The van der Waals surface area contributed by atoms with E-state index in [0.29, 0.717) is 49.0 Å². The van der Waals surface area contributed by atoms with Crippen LogP contribution in [0.2, 0.25) is 0 Å². The van der Waals surface area contributed by atoms with Crippen LogP contribution >= 0.6 is 11.3 Å². The van der Waals surface area contributed by atoms with Gasteiger partial charge in [0.15, 0.2) is 0 Å². The van der Waals surface area contributed by atoms with Crippen LogP contribution in [0.25, 0.3) is 21.8 Å². The molecular formula is C26H34N6O3S. The first-order valence-electron chi connectivity index (χ1n) is 11.5. The number of nitrogen functional groups attached to an aromatic ring is 3. The maximum absolute atomic E-state index is 9.24. The van der Waals surface area contributed by atoms with Gasteiger partial charge in [0.2, 0.25) is 0 Å². The van der Waals surface area contributed by atoms with Crippen LogP contribution in [-0.4, -0.2) is 36.5 Å². The number of furan rings is 1. The second-order valence-corrected chi connectivity index (χ2v) is 8.93. The summed E-state index contributed by atoms with van der Waals surface area (Å²) in [5, 5.41) is 20.5. The second kappa shape index (κ2) is 13.0. The van der Waals surface area contributed by atoms with Gasteiger partial charge in [0.25, 0.3) is 0 Å². The van der Waals surface area contributed by atoms with E-state index in [0.717, 1.165) is 32.8 Å². The van der Waals surface area contributed by atoms with Gasteiger partial charge in [-0.25, -0.2) is 0 Å². The predicted molar refractivity (Wildman–Crippen MR) is 149 cm³/mol. The standard InChI is InChI=1S/C15H21N3O2S.C11H13N3O/c16-10-11-3-8-21-15(11)13-9-12(17)1-2-14(13)18(4-6-19)5-7-20;12-6-7-3-4-15-11(7)9-5-8(13)1-2-10(9)14/h1-3,8-9,19-20H,4-7,10,16-17H2;1-5H,6,12-14H2. The highest BCUT2D eigenvalue weighted by Crippen LogP contribution is 2.38. The largest absolute Gasteiger partial charge is 0.464 e. The normalized spacial score (nSPS) is 10.7. The average molecular weight is 511 g/mol. The molecule has 0 saturated carbocycles. The third-order valence-electron chi connectivity index (χ3n) is 5.60. The van der Waals surface area contributed by atoms with E-state index in [2.05, 4.69) is 0 Å². The number of aliphatic hydroxyl groups excluding tert-OH is 2. The summed E-state index contributed by atoms with van der Waals surface area (Å²) in [6, 6.07) is 14.8. The number of benzene rings is 2. The maximum Gasteiger partial charge on any atom is 0.140 e. The summed E-state index contributed by atoms with van der Waals surface area (Å²) in [6.45, 7) is 1.85. The number of aliphatic hydroxyl groups is 2. The van der Waals surface area contributed by atoms with E-state index in [1.54, 1.807) is 35.8 Å². The van der Waals surface area contributed by atoms with Crippen molar-refractivity contribution in [2.75, 3.05) is 48.4 Å². The number of hydrogen-bond donors (Lipinski definition) is 7. The highest BCUT2D eigenvalue weighted by Gasteiger charge is 2.16. The third kappa shape index (κ3) is 6.36. The Kier molecular flexibility index (Phi) is 9.74. The lowest BCUT2D eigenvalue weighted by Crippen LogP contribution is -2.30. The van der Waals surface area contributed by atoms with E-state index < -0.39 is 0 Å². The number of thiophene rings is 1. The number of hydrogen-bond acceptors (Lipinski definition) is 10. The summed E-state index contributed by atoms with van der Waals surface area (Å²) in [4.78, 5) is 3.04. The van der Waals surface area contributed by atoms with Gasteiger partial charge < -0.3 is 48.2 Å². The third-order valence-corrected chi connectivity index (χ3v) is 6.59. The summed E-state index contributed by atoms with van der Waals surface area (Å²) in [7, 11) is 0. The minimum absolute atomic E-state index is 0.0258. The molecular weight excluding hydrogens is 476 g/mol. The number of nitrogens with two attached hydrogens (primary N) is 5. The van der Waals surface area contributed by atoms with Gasteiger partial charge in [0, 0.05) is 70.5 Å². The van der Waals surface area contributed by atoms with E-state index in [9.17, 15) is 10.2 Å². The van der Waals surface area contributed by atoms with Crippen molar-refractivity contribution < 1.29 is 14.6 Å². The Morgan fingerprint density at radius 2 is 1.42 bits per heavy atom. The molecule has 0 atom stereocenters. The molecule has 0 fully saturated rings. The van der Waals surface area contributed by atoms with Gasteiger partial charge in [-0.15, -0.1) is 11.3 Å². The highest BCUT2D eigenvalue weighted by molar-refractivity contribution is 7.13. The Morgan fingerprint density at radius 3 is 2.06 bits per heavy atom. The molecule has 10 heteroatoms. The van der Waals surface area contributed by atoms with Gasteiger partial charge in [-0.05, 0) is 59.5 Å². The first kappa shape index (κ1) is 27.1. The van der Waals surface area contributed by atoms with Crippen molar-refractivity contribution in [2.24, 2.45) is 11.5 Å². The Bertz CT molecular complexity index is 1250.